The van der Waals surface area contributed by atoms with Crippen LogP contribution in [0.25, 0.3) is 0 Å². The Morgan fingerprint density at radius 3 is 2.67 bits per heavy atom. The lowest BCUT2D eigenvalue weighted by Gasteiger charge is -2.13. The van der Waals surface area contributed by atoms with Crippen molar-refractivity contribution in [2.24, 2.45) is 5.92 Å². The molecule has 0 saturated heterocycles. The fourth-order valence-electron chi connectivity index (χ4n) is 1.85. The maximum Gasteiger partial charge on any atom is 0.137 e. The molecule has 0 bridgehead atoms. The number of rotatable bonds is 6. The molecule has 0 spiro atoms. The Labute approximate surface area is 111 Å². The molecule has 96 valence electrons. The van der Waals surface area contributed by atoms with Crippen LogP contribution >= 0.6 is 11.6 Å². The molecule has 1 atom stereocenters. The van der Waals surface area contributed by atoms with Crippen LogP contribution in [0.3, 0.4) is 0 Å². The Bertz CT molecular complexity index is 456. The summed E-state index contributed by atoms with van der Waals surface area (Å²) in [5.74, 6) is 0.197. The minimum atomic E-state index is 0.160. The minimum absolute atomic E-state index is 0.160. The van der Waals surface area contributed by atoms with Gasteiger partial charge in [0.15, 0.2) is 0 Å². The molecule has 0 aliphatic heterocycles. The van der Waals surface area contributed by atoms with Crippen LogP contribution in [-0.2, 0) is 13.0 Å². The van der Waals surface area contributed by atoms with E-state index in [9.17, 15) is 5.11 Å². The third-order valence-electron chi connectivity index (χ3n) is 2.92. The average molecular weight is 266 g/mol. The number of aryl methyl sites for hydroxylation is 1. The molecule has 1 aromatic carbocycles. The van der Waals surface area contributed by atoms with Gasteiger partial charge >= 0.3 is 0 Å². The standard InChI is InChI=1S/C13H16ClN3O/c14-13-5-3-11(4-6-13)1-2-12(8-18)7-17-10-15-9-16-17/h3-6,9-10,12,18H,1-2,7-8H2. The monoisotopic (exact) mass is 265 g/mol. The molecule has 0 fully saturated rings. The molecule has 0 aliphatic rings. The van der Waals surface area contributed by atoms with Crippen LogP contribution < -0.4 is 0 Å². The Kier molecular flexibility index (Phi) is 4.73. The summed E-state index contributed by atoms with van der Waals surface area (Å²) in [7, 11) is 0. The molecule has 2 rings (SSSR count). The van der Waals surface area contributed by atoms with Gasteiger partial charge in [-0.3, -0.25) is 4.68 Å². The van der Waals surface area contributed by atoms with Crippen LogP contribution in [0.15, 0.2) is 36.9 Å². The van der Waals surface area contributed by atoms with E-state index in [0.717, 1.165) is 17.9 Å². The smallest absolute Gasteiger partial charge is 0.137 e. The second-order valence-electron chi connectivity index (χ2n) is 4.33. The molecule has 4 nitrogen and oxygen atoms in total. The predicted molar refractivity (Wildman–Crippen MR) is 70.4 cm³/mol. The number of hydrogen-bond donors (Lipinski definition) is 1. The molecule has 2 aromatic rings. The maximum absolute atomic E-state index is 9.36. The first kappa shape index (κ1) is 13.1. The lowest BCUT2D eigenvalue weighted by Crippen LogP contribution is -2.16. The van der Waals surface area contributed by atoms with Gasteiger partial charge in [0.2, 0.25) is 0 Å². The van der Waals surface area contributed by atoms with Gasteiger partial charge in [0.05, 0.1) is 0 Å². The summed E-state index contributed by atoms with van der Waals surface area (Å²) in [5.41, 5.74) is 1.23. The quantitative estimate of drug-likeness (QED) is 0.871. The van der Waals surface area contributed by atoms with Crippen LogP contribution in [0.1, 0.15) is 12.0 Å². The summed E-state index contributed by atoms with van der Waals surface area (Å²) in [6.45, 7) is 0.859. The summed E-state index contributed by atoms with van der Waals surface area (Å²) in [6, 6.07) is 7.82. The van der Waals surface area contributed by atoms with E-state index in [1.54, 1.807) is 11.0 Å². The van der Waals surface area contributed by atoms with Crippen molar-refractivity contribution in [3.05, 3.63) is 47.5 Å². The Morgan fingerprint density at radius 2 is 2.06 bits per heavy atom. The Balaban J connectivity index is 1.85. The van der Waals surface area contributed by atoms with Gasteiger partial charge in [0.1, 0.15) is 12.7 Å². The third kappa shape index (κ3) is 3.82. The number of benzene rings is 1. The third-order valence-corrected chi connectivity index (χ3v) is 3.18. The summed E-state index contributed by atoms with van der Waals surface area (Å²) in [4.78, 5) is 3.89. The van der Waals surface area contributed by atoms with Crippen molar-refractivity contribution in [2.45, 2.75) is 19.4 Å². The summed E-state index contributed by atoms with van der Waals surface area (Å²) >= 11 is 5.84. The van der Waals surface area contributed by atoms with Gasteiger partial charge in [0, 0.05) is 24.1 Å². The minimum Gasteiger partial charge on any atom is -0.396 e. The molecule has 0 aliphatic carbocycles. The summed E-state index contributed by atoms with van der Waals surface area (Å²) in [5, 5.41) is 14.2. The zero-order valence-electron chi connectivity index (χ0n) is 10.0. The van der Waals surface area contributed by atoms with E-state index >= 15 is 0 Å². The topological polar surface area (TPSA) is 50.9 Å². The van der Waals surface area contributed by atoms with Crippen molar-refractivity contribution in [1.29, 1.82) is 0 Å². The van der Waals surface area contributed by atoms with Crippen molar-refractivity contribution in [3.63, 3.8) is 0 Å². The number of aromatic nitrogens is 3. The fourth-order valence-corrected chi connectivity index (χ4v) is 1.98. The van der Waals surface area contributed by atoms with E-state index in [-0.39, 0.29) is 12.5 Å². The lowest BCUT2D eigenvalue weighted by atomic mass is 10.0. The number of aliphatic hydroxyl groups is 1. The normalized spacial score (nSPS) is 12.6. The average Bonchev–Trinajstić information content (AvgIpc) is 2.89. The highest BCUT2D eigenvalue weighted by molar-refractivity contribution is 6.30. The van der Waals surface area contributed by atoms with Gasteiger partial charge in [-0.25, -0.2) is 4.98 Å². The van der Waals surface area contributed by atoms with Crippen LogP contribution in [0.5, 0.6) is 0 Å². The molecule has 1 N–H and O–H groups in total. The molecular formula is C13H16ClN3O. The molecule has 0 radical (unpaired) electrons. The van der Waals surface area contributed by atoms with E-state index < -0.39 is 0 Å². The van der Waals surface area contributed by atoms with Crippen LogP contribution in [0.4, 0.5) is 0 Å². The highest BCUT2D eigenvalue weighted by Gasteiger charge is 2.09. The molecular weight excluding hydrogens is 250 g/mol. The molecule has 0 saturated carbocycles. The van der Waals surface area contributed by atoms with E-state index in [1.165, 1.54) is 11.9 Å². The van der Waals surface area contributed by atoms with Gasteiger partial charge in [-0.05, 0) is 30.5 Å². The molecule has 1 unspecified atom stereocenters. The number of halogens is 1. The highest BCUT2D eigenvalue weighted by Crippen LogP contribution is 2.14. The highest BCUT2D eigenvalue weighted by atomic mass is 35.5. The lowest BCUT2D eigenvalue weighted by molar-refractivity contribution is 0.199. The van der Waals surface area contributed by atoms with Gasteiger partial charge in [-0.1, -0.05) is 23.7 Å². The molecule has 0 amide bonds. The van der Waals surface area contributed by atoms with E-state index in [2.05, 4.69) is 10.1 Å². The first-order valence-corrected chi connectivity index (χ1v) is 6.33. The van der Waals surface area contributed by atoms with Crippen molar-refractivity contribution >= 4 is 11.6 Å². The van der Waals surface area contributed by atoms with Gasteiger partial charge in [-0.15, -0.1) is 0 Å². The van der Waals surface area contributed by atoms with Crippen molar-refractivity contribution < 1.29 is 5.11 Å². The molecule has 1 aromatic heterocycles. The van der Waals surface area contributed by atoms with E-state index in [4.69, 9.17) is 11.6 Å². The second kappa shape index (κ2) is 6.52. The Hall–Kier alpha value is -1.39. The van der Waals surface area contributed by atoms with E-state index in [1.807, 2.05) is 24.3 Å². The number of hydrogen-bond acceptors (Lipinski definition) is 3. The predicted octanol–water partition coefficient (Wildman–Crippen LogP) is 2.17. The first-order valence-electron chi connectivity index (χ1n) is 5.95. The van der Waals surface area contributed by atoms with Crippen LogP contribution in [0, 0.1) is 5.92 Å². The zero-order chi connectivity index (χ0) is 12.8. The van der Waals surface area contributed by atoms with Gasteiger partial charge in [0.25, 0.3) is 0 Å². The zero-order valence-corrected chi connectivity index (χ0v) is 10.8. The molecule has 1 heterocycles. The maximum atomic E-state index is 9.36. The van der Waals surface area contributed by atoms with Crippen molar-refractivity contribution in [3.8, 4) is 0 Å². The number of nitrogens with zero attached hydrogens (tertiary/aromatic N) is 3. The van der Waals surface area contributed by atoms with Gasteiger partial charge in [-0.2, -0.15) is 5.10 Å². The molecule has 5 heteroatoms. The second-order valence-corrected chi connectivity index (χ2v) is 4.77. The number of aliphatic hydroxyl groups excluding tert-OH is 1. The van der Waals surface area contributed by atoms with E-state index in [0.29, 0.717) is 6.54 Å². The van der Waals surface area contributed by atoms with Gasteiger partial charge < -0.3 is 5.11 Å². The van der Waals surface area contributed by atoms with Crippen LogP contribution in [0.2, 0.25) is 5.02 Å². The first-order chi connectivity index (χ1) is 8.78. The SMILES string of the molecule is OCC(CCc1ccc(Cl)cc1)Cn1cncn1. The van der Waals surface area contributed by atoms with Crippen LogP contribution in [-0.4, -0.2) is 26.5 Å². The fraction of sp³-hybridized carbons (Fsp3) is 0.385. The Morgan fingerprint density at radius 1 is 1.28 bits per heavy atom. The largest absolute Gasteiger partial charge is 0.396 e. The van der Waals surface area contributed by atoms with Crippen molar-refractivity contribution in [1.82, 2.24) is 14.8 Å². The molecule has 18 heavy (non-hydrogen) atoms. The summed E-state index contributed by atoms with van der Waals surface area (Å²) < 4.78 is 1.75. The summed E-state index contributed by atoms with van der Waals surface area (Å²) in [6.07, 6.45) is 5.02. The van der Waals surface area contributed by atoms with Crippen molar-refractivity contribution in [2.75, 3.05) is 6.61 Å².